The van der Waals surface area contributed by atoms with Crippen LogP contribution in [0.15, 0.2) is 23.1 Å². The lowest BCUT2D eigenvalue weighted by molar-refractivity contribution is -0.134. The number of esters is 1. The molecule has 2 amide bonds. The smallest absolute Gasteiger partial charge is 0.311 e. The third kappa shape index (κ3) is 6.11. The second-order valence-corrected chi connectivity index (χ2v) is 8.68. The minimum atomic E-state index is -0.435. The van der Waals surface area contributed by atoms with Crippen LogP contribution in [0.25, 0.3) is 6.08 Å². The van der Waals surface area contributed by atoms with Gasteiger partial charge in [-0.05, 0) is 47.9 Å². The molecule has 0 radical (unpaired) electrons. The standard InChI is InChI=1S/C21H24ClNO4S/c22-17-13-16(11-10-15(17)12-18-20(25)23-21(26)28-18)27-19(24)9-5-4-8-14-6-2-1-3-7-14/h10-14H,1-9H2,(H,23,25,26)/b18-12-. The van der Waals surface area contributed by atoms with Crippen molar-refractivity contribution in [2.45, 2.75) is 57.8 Å². The molecule has 3 rings (SSSR count). The molecule has 1 heterocycles. The summed E-state index contributed by atoms with van der Waals surface area (Å²) in [5, 5.41) is 2.14. The van der Waals surface area contributed by atoms with Gasteiger partial charge in [0.2, 0.25) is 0 Å². The van der Waals surface area contributed by atoms with Crippen LogP contribution >= 0.6 is 23.4 Å². The fourth-order valence-corrected chi connectivity index (χ4v) is 4.51. The predicted molar refractivity (Wildman–Crippen MR) is 111 cm³/mol. The van der Waals surface area contributed by atoms with Gasteiger partial charge in [-0.15, -0.1) is 0 Å². The van der Waals surface area contributed by atoms with Crippen LogP contribution in [-0.4, -0.2) is 17.1 Å². The summed E-state index contributed by atoms with van der Waals surface area (Å²) < 4.78 is 5.37. The van der Waals surface area contributed by atoms with Crippen LogP contribution in [0, 0.1) is 5.92 Å². The van der Waals surface area contributed by atoms with Gasteiger partial charge in [0, 0.05) is 12.5 Å². The summed E-state index contributed by atoms with van der Waals surface area (Å²) in [7, 11) is 0. The first-order valence-electron chi connectivity index (χ1n) is 9.76. The maximum absolute atomic E-state index is 12.0. The van der Waals surface area contributed by atoms with Crippen molar-refractivity contribution in [3.05, 3.63) is 33.7 Å². The van der Waals surface area contributed by atoms with Crippen molar-refractivity contribution < 1.29 is 19.1 Å². The zero-order valence-electron chi connectivity index (χ0n) is 15.7. The highest BCUT2D eigenvalue weighted by Crippen LogP contribution is 2.30. The van der Waals surface area contributed by atoms with Crippen molar-refractivity contribution in [3.8, 4) is 5.75 Å². The molecule has 150 valence electrons. The van der Waals surface area contributed by atoms with Gasteiger partial charge in [0.05, 0.1) is 9.93 Å². The molecule has 0 aromatic heterocycles. The number of ether oxygens (including phenoxy) is 1. The van der Waals surface area contributed by atoms with Crippen LogP contribution in [0.1, 0.15) is 63.4 Å². The Balaban J connectivity index is 1.46. The number of thioether (sulfide) groups is 1. The second-order valence-electron chi connectivity index (χ2n) is 7.26. The highest BCUT2D eigenvalue weighted by Gasteiger charge is 2.25. The summed E-state index contributed by atoms with van der Waals surface area (Å²) in [6.07, 6.45) is 11.8. The number of rotatable bonds is 7. The zero-order chi connectivity index (χ0) is 19.9. The Kier molecular flexibility index (Phi) is 7.57. The van der Waals surface area contributed by atoms with Gasteiger partial charge < -0.3 is 4.74 Å². The van der Waals surface area contributed by atoms with Gasteiger partial charge in [-0.3, -0.25) is 19.7 Å². The van der Waals surface area contributed by atoms with Crippen molar-refractivity contribution in [2.75, 3.05) is 0 Å². The lowest BCUT2D eigenvalue weighted by atomic mass is 9.86. The molecular formula is C21H24ClNO4S. The summed E-state index contributed by atoms with van der Waals surface area (Å²) in [6, 6.07) is 4.85. The topological polar surface area (TPSA) is 72.5 Å². The average molecular weight is 422 g/mol. The van der Waals surface area contributed by atoms with E-state index in [-0.39, 0.29) is 10.9 Å². The third-order valence-corrected chi connectivity index (χ3v) is 6.24. The van der Waals surface area contributed by atoms with Crippen molar-refractivity contribution in [1.82, 2.24) is 5.32 Å². The molecule has 1 aliphatic carbocycles. The van der Waals surface area contributed by atoms with Crippen molar-refractivity contribution in [3.63, 3.8) is 0 Å². The van der Waals surface area contributed by atoms with E-state index < -0.39 is 11.1 Å². The van der Waals surface area contributed by atoms with E-state index in [1.165, 1.54) is 38.5 Å². The predicted octanol–water partition coefficient (Wildman–Crippen LogP) is 5.71. The molecule has 0 unspecified atom stereocenters. The minimum Gasteiger partial charge on any atom is -0.426 e. The van der Waals surface area contributed by atoms with Gasteiger partial charge in [0.15, 0.2) is 0 Å². The molecule has 1 saturated heterocycles. The van der Waals surface area contributed by atoms with Crippen molar-refractivity contribution >= 4 is 46.6 Å². The molecule has 0 spiro atoms. The molecule has 7 heteroatoms. The molecule has 1 aromatic carbocycles. The monoisotopic (exact) mass is 421 g/mol. The molecule has 0 bridgehead atoms. The van der Waals surface area contributed by atoms with Crippen LogP contribution in [-0.2, 0) is 9.59 Å². The molecule has 1 aromatic rings. The van der Waals surface area contributed by atoms with Gasteiger partial charge in [-0.2, -0.15) is 0 Å². The second kappa shape index (κ2) is 10.1. The Morgan fingerprint density at radius 2 is 2.00 bits per heavy atom. The molecule has 28 heavy (non-hydrogen) atoms. The molecule has 2 fully saturated rings. The third-order valence-electron chi connectivity index (χ3n) is 5.10. The van der Waals surface area contributed by atoms with Crippen molar-refractivity contribution in [2.24, 2.45) is 5.92 Å². The number of carbonyl (C=O) groups excluding carboxylic acids is 3. The number of benzene rings is 1. The summed E-state index contributed by atoms with van der Waals surface area (Å²) >= 11 is 7.06. The van der Waals surface area contributed by atoms with E-state index >= 15 is 0 Å². The van der Waals surface area contributed by atoms with E-state index in [4.69, 9.17) is 16.3 Å². The van der Waals surface area contributed by atoms with Gasteiger partial charge in [0.25, 0.3) is 11.1 Å². The Bertz CT molecular complexity index is 787. The highest BCUT2D eigenvalue weighted by atomic mass is 35.5. The Hall–Kier alpha value is -1.79. The molecular weight excluding hydrogens is 398 g/mol. The zero-order valence-corrected chi connectivity index (χ0v) is 17.2. The van der Waals surface area contributed by atoms with E-state index in [0.717, 1.165) is 30.5 Å². The quantitative estimate of drug-likeness (QED) is 0.264. The first kappa shape index (κ1) is 20.9. The number of hydrogen-bond acceptors (Lipinski definition) is 5. The fourth-order valence-electron chi connectivity index (χ4n) is 3.61. The Morgan fingerprint density at radius 3 is 2.68 bits per heavy atom. The molecule has 5 nitrogen and oxygen atoms in total. The van der Waals surface area contributed by atoms with Crippen molar-refractivity contribution in [1.29, 1.82) is 0 Å². The van der Waals surface area contributed by atoms with Gasteiger partial charge in [-0.1, -0.05) is 56.5 Å². The first-order valence-corrected chi connectivity index (χ1v) is 11.0. The largest absolute Gasteiger partial charge is 0.426 e. The van der Waals surface area contributed by atoms with E-state index in [2.05, 4.69) is 5.32 Å². The maximum Gasteiger partial charge on any atom is 0.311 e. The lowest BCUT2D eigenvalue weighted by Gasteiger charge is -2.21. The van der Waals surface area contributed by atoms with Crippen LogP contribution in [0.3, 0.4) is 0 Å². The molecule has 2 aliphatic rings. The summed E-state index contributed by atoms with van der Waals surface area (Å²) in [5.74, 6) is 0.515. The number of imide groups is 1. The number of carbonyl (C=O) groups is 3. The van der Waals surface area contributed by atoms with Crippen LogP contribution in [0.5, 0.6) is 5.75 Å². The Morgan fingerprint density at radius 1 is 1.21 bits per heavy atom. The van der Waals surface area contributed by atoms with Gasteiger partial charge in [-0.25, -0.2) is 0 Å². The van der Waals surface area contributed by atoms with E-state index in [1.54, 1.807) is 24.3 Å². The first-order chi connectivity index (χ1) is 13.5. The average Bonchev–Trinajstić information content (AvgIpc) is 2.99. The van der Waals surface area contributed by atoms with Crippen LogP contribution < -0.4 is 10.1 Å². The van der Waals surface area contributed by atoms with E-state index in [1.807, 2.05) is 0 Å². The SMILES string of the molecule is O=C(CCCCC1CCCCC1)Oc1ccc(/C=C2\SC(=O)NC2=O)c(Cl)c1. The molecule has 1 N–H and O–H groups in total. The minimum absolute atomic E-state index is 0.262. The molecule has 0 atom stereocenters. The maximum atomic E-state index is 12.0. The summed E-state index contributed by atoms with van der Waals surface area (Å²) in [4.78, 5) is 35.2. The van der Waals surface area contributed by atoms with Gasteiger partial charge >= 0.3 is 5.97 Å². The van der Waals surface area contributed by atoms with E-state index in [9.17, 15) is 14.4 Å². The van der Waals surface area contributed by atoms with Crippen LogP contribution in [0.4, 0.5) is 4.79 Å². The number of amides is 2. The fraction of sp³-hybridized carbons (Fsp3) is 0.476. The number of unbranched alkanes of at least 4 members (excludes halogenated alkanes) is 1. The number of hydrogen-bond donors (Lipinski definition) is 1. The summed E-state index contributed by atoms with van der Waals surface area (Å²) in [5.41, 5.74) is 0.585. The Labute approximate surface area is 174 Å². The summed E-state index contributed by atoms with van der Waals surface area (Å²) in [6.45, 7) is 0. The highest BCUT2D eigenvalue weighted by molar-refractivity contribution is 8.18. The van der Waals surface area contributed by atoms with Crippen LogP contribution in [0.2, 0.25) is 5.02 Å². The number of halogens is 1. The molecule has 1 saturated carbocycles. The number of nitrogens with one attached hydrogen (secondary N) is 1. The van der Waals surface area contributed by atoms with E-state index in [0.29, 0.717) is 22.8 Å². The van der Waals surface area contributed by atoms with Gasteiger partial charge in [0.1, 0.15) is 5.75 Å². The molecule has 1 aliphatic heterocycles. The lowest BCUT2D eigenvalue weighted by Crippen LogP contribution is -2.17. The normalized spacial score (nSPS) is 19.1.